The molecule has 48 heavy (non-hydrogen) atoms. The van der Waals surface area contributed by atoms with Gasteiger partial charge < -0.3 is 34.8 Å². The van der Waals surface area contributed by atoms with Gasteiger partial charge in [-0.25, -0.2) is 0 Å². The number of likely N-dealkylation sites (N-methyl/N-ethyl adjacent to an activating group) is 1. The molecule has 0 aliphatic carbocycles. The molecule has 6 rings (SSSR count). The number of likely N-dealkylation sites (tertiary alicyclic amines) is 1. The number of benzene rings is 3. The Morgan fingerprint density at radius 2 is 1.62 bits per heavy atom. The minimum atomic E-state index is -0.659. The van der Waals surface area contributed by atoms with Crippen molar-refractivity contribution in [2.75, 3.05) is 58.3 Å². The second-order valence-electron chi connectivity index (χ2n) is 12.4. The molecule has 3 aromatic carbocycles. The molecule has 3 aromatic rings. The van der Waals surface area contributed by atoms with Crippen LogP contribution in [0, 0.1) is 0 Å². The summed E-state index contributed by atoms with van der Waals surface area (Å²) in [6.07, 6.45) is 3.08. The third-order valence-corrected chi connectivity index (χ3v) is 9.26. The Labute approximate surface area is 302 Å². The fourth-order valence-electron chi connectivity index (χ4n) is 6.80. The second-order valence-corrected chi connectivity index (χ2v) is 12.4. The van der Waals surface area contributed by atoms with Gasteiger partial charge in [-0.05, 0) is 67.4 Å². The number of nitrogens with zero attached hydrogens (tertiary/aromatic N) is 3. The summed E-state index contributed by atoms with van der Waals surface area (Å²) in [5, 5.41) is 6.56. The minimum absolute atomic E-state index is 0. The Hall–Kier alpha value is -3.21. The second kappa shape index (κ2) is 18.5. The molecule has 1 unspecified atom stereocenters. The summed E-state index contributed by atoms with van der Waals surface area (Å²) in [4.78, 5) is 33.9. The lowest BCUT2D eigenvalue weighted by Gasteiger charge is -2.39. The molecular weight excluding hydrogens is 673 g/mol. The molecule has 3 aliphatic heterocycles. The average molecular weight is 721 g/mol. The van der Waals surface area contributed by atoms with Crippen molar-refractivity contribution in [2.24, 2.45) is 0 Å². The lowest BCUT2D eigenvalue weighted by molar-refractivity contribution is -0.136. The highest BCUT2D eigenvalue weighted by atomic mass is 35.5. The minimum Gasteiger partial charge on any atom is -0.497 e. The normalized spacial score (nSPS) is 19.5. The van der Waals surface area contributed by atoms with Gasteiger partial charge in [0.1, 0.15) is 23.6 Å². The molecule has 2 amide bonds. The number of fused-ring (bicyclic) bond motifs is 1. The molecule has 3 atom stereocenters. The van der Waals surface area contributed by atoms with Gasteiger partial charge in [0.05, 0.1) is 12.8 Å². The van der Waals surface area contributed by atoms with Crippen LogP contribution in [0.25, 0.3) is 0 Å². The van der Waals surface area contributed by atoms with Gasteiger partial charge in [-0.15, -0.1) is 37.2 Å². The van der Waals surface area contributed by atoms with E-state index in [1.807, 2.05) is 53.4 Å². The third-order valence-electron chi connectivity index (χ3n) is 9.26. The zero-order valence-electron chi connectivity index (χ0n) is 27.6. The van der Waals surface area contributed by atoms with E-state index in [9.17, 15) is 9.59 Å². The monoisotopic (exact) mass is 719 g/mol. The number of piperidine rings is 1. The van der Waals surface area contributed by atoms with Crippen LogP contribution in [0.5, 0.6) is 11.5 Å². The molecule has 12 heteroatoms. The van der Waals surface area contributed by atoms with Crippen LogP contribution in [0.15, 0.2) is 72.8 Å². The van der Waals surface area contributed by atoms with Gasteiger partial charge in [-0.2, -0.15) is 0 Å². The zero-order valence-corrected chi connectivity index (χ0v) is 30.1. The van der Waals surface area contributed by atoms with E-state index in [2.05, 4.69) is 51.7 Å². The van der Waals surface area contributed by atoms with Gasteiger partial charge in [0.2, 0.25) is 11.8 Å². The average Bonchev–Trinajstić information content (AvgIpc) is 3.47. The number of hydrogen-bond donors (Lipinski definition) is 2. The highest BCUT2D eigenvalue weighted by Gasteiger charge is 2.31. The Balaban J connectivity index is 0.00000208. The van der Waals surface area contributed by atoms with Crippen molar-refractivity contribution >= 4 is 54.7 Å². The molecule has 3 aliphatic rings. The summed E-state index contributed by atoms with van der Waals surface area (Å²) >= 11 is 0. The van der Waals surface area contributed by atoms with Gasteiger partial charge in [-0.3, -0.25) is 9.59 Å². The summed E-state index contributed by atoms with van der Waals surface area (Å²) in [5.41, 5.74) is 4.42. The third kappa shape index (κ3) is 9.70. The number of rotatable bonds is 10. The first-order valence-corrected chi connectivity index (χ1v) is 16.2. The van der Waals surface area contributed by atoms with Gasteiger partial charge in [-0.1, -0.05) is 48.5 Å². The van der Waals surface area contributed by atoms with E-state index in [0.29, 0.717) is 32.6 Å². The predicted molar refractivity (Wildman–Crippen MR) is 197 cm³/mol. The number of ether oxygens (including phenoxy) is 2. The van der Waals surface area contributed by atoms with Crippen LogP contribution in [0.3, 0.4) is 0 Å². The van der Waals surface area contributed by atoms with Crippen molar-refractivity contribution in [3.63, 3.8) is 0 Å². The summed E-state index contributed by atoms with van der Waals surface area (Å²) in [5.74, 6) is 1.49. The molecule has 2 saturated heterocycles. The zero-order chi connectivity index (χ0) is 31.2. The molecule has 0 saturated carbocycles. The number of para-hydroxylation sites is 2. The molecule has 0 aromatic heterocycles. The van der Waals surface area contributed by atoms with Gasteiger partial charge in [0, 0.05) is 58.2 Å². The maximum Gasteiger partial charge on any atom is 0.245 e. The van der Waals surface area contributed by atoms with Crippen LogP contribution in [-0.4, -0.2) is 87.2 Å². The van der Waals surface area contributed by atoms with Crippen molar-refractivity contribution in [1.82, 2.24) is 20.4 Å². The summed E-state index contributed by atoms with van der Waals surface area (Å²) in [7, 11) is 3.78. The highest BCUT2D eigenvalue weighted by molar-refractivity contribution is 5.88. The number of nitrogens with one attached hydrogen (secondary N) is 2. The Bertz CT molecular complexity index is 1470. The van der Waals surface area contributed by atoms with E-state index < -0.39 is 6.04 Å². The molecule has 2 fully saturated rings. The standard InChI is InChI=1S/C36H45N5O4.3ClH/c1-39-17-7-9-29(25-39)45-34-12-6-5-11-33(34)40-18-20-41(21-19-40)36(43)32(22-26-13-15-28(44-2)16-14-26)38-35(42)23-31-30-10-4-3-8-27(30)24-37-31;;;/h3-6,8,10-16,29,31-32,37H,7,9,17-25H2,1-2H3,(H,38,42);3*1H/t29-,31?,32+;;;/m0.../s1. The number of piperazine rings is 1. The number of hydrogen-bond acceptors (Lipinski definition) is 7. The predicted octanol–water partition coefficient (Wildman–Crippen LogP) is 5.04. The number of carbonyl (C=O) groups excluding carboxylic acids is 2. The Kier molecular flexibility index (Phi) is 15.1. The van der Waals surface area contributed by atoms with Crippen molar-refractivity contribution < 1.29 is 19.1 Å². The summed E-state index contributed by atoms with van der Waals surface area (Å²) < 4.78 is 11.8. The summed E-state index contributed by atoms with van der Waals surface area (Å²) in [6.45, 7) is 5.34. The molecule has 3 heterocycles. The van der Waals surface area contributed by atoms with E-state index >= 15 is 0 Å². The van der Waals surface area contributed by atoms with Crippen molar-refractivity contribution in [1.29, 1.82) is 0 Å². The highest BCUT2D eigenvalue weighted by Crippen LogP contribution is 2.31. The number of halogens is 3. The first-order chi connectivity index (χ1) is 22.0. The topological polar surface area (TPSA) is 86.4 Å². The number of methoxy groups -OCH3 is 1. The molecule has 9 nitrogen and oxygen atoms in total. The van der Waals surface area contributed by atoms with E-state index in [1.165, 1.54) is 5.56 Å². The van der Waals surface area contributed by atoms with E-state index in [0.717, 1.165) is 60.8 Å². The molecule has 0 radical (unpaired) electrons. The Morgan fingerprint density at radius 1 is 0.917 bits per heavy atom. The van der Waals surface area contributed by atoms with E-state index in [-0.39, 0.29) is 67.6 Å². The summed E-state index contributed by atoms with van der Waals surface area (Å²) in [6, 6.07) is 23.4. The van der Waals surface area contributed by atoms with Gasteiger partial charge in [0.15, 0.2) is 0 Å². The quantitative estimate of drug-likeness (QED) is 0.304. The van der Waals surface area contributed by atoms with E-state index in [4.69, 9.17) is 9.47 Å². The van der Waals surface area contributed by atoms with E-state index in [1.54, 1.807) is 7.11 Å². The fraction of sp³-hybridized carbons (Fsp3) is 0.444. The lowest BCUT2D eigenvalue weighted by atomic mass is 10.0. The van der Waals surface area contributed by atoms with Crippen molar-refractivity contribution in [3.05, 3.63) is 89.5 Å². The number of anilines is 1. The number of carbonyl (C=O) groups is 2. The van der Waals surface area contributed by atoms with Crippen LogP contribution in [0.2, 0.25) is 0 Å². The number of amides is 2. The smallest absolute Gasteiger partial charge is 0.245 e. The molecule has 262 valence electrons. The van der Waals surface area contributed by atoms with Crippen LogP contribution in [0.4, 0.5) is 5.69 Å². The fourth-order valence-corrected chi connectivity index (χ4v) is 6.80. The first kappa shape index (κ1) is 39.2. The van der Waals surface area contributed by atoms with Crippen molar-refractivity contribution in [2.45, 2.75) is 50.4 Å². The van der Waals surface area contributed by atoms with Gasteiger partial charge in [0.25, 0.3) is 0 Å². The van der Waals surface area contributed by atoms with Crippen LogP contribution < -0.4 is 25.0 Å². The van der Waals surface area contributed by atoms with Crippen LogP contribution in [-0.2, 0) is 22.6 Å². The Morgan fingerprint density at radius 3 is 2.35 bits per heavy atom. The van der Waals surface area contributed by atoms with Gasteiger partial charge >= 0.3 is 0 Å². The molecule has 0 bridgehead atoms. The maximum absolute atomic E-state index is 14.0. The molecule has 0 spiro atoms. The van der Waals surface area contributed by atoms with Crippen molar-refractivity contribution in [3.8, 4) is 11.5 Å². The van der Waals surface area contributed by atoms with Crippen LogP contribution >= 0.6 is 37.2 Å². The first-order valence-electron chi connectivity index (χ1n) is 16.2. The SMILES string of the molecule is COc1ccc(C[C@@H](NC(=O)CC2NCc3ccccc32)C(=O)N2CCN(c3ccccc3O[C@H]3CCCN(C)C3)CC2)cc1.Cl.Cl.Cl. The molecular formula is C36H48Cl3N5O4. The maximum atomic E-state index is 14.0. The largest absolute Gasteiger partial charge is 0.497 e. The lowest BCUT2D eigenvalue weighted by Crippen LogP contribution is -2.55. The van der Waals surface area contributed by atoms with Crippen LogP contribution in [0.1, 0.15) is 42.0 Å². The molecule has 2 N–H and O–H groups in total.